The molecule has 1 N–H and O–H groups in total. The van der Waals surface area contributed by atoms with E-state index in [1.165, 1.54) is 6.07 Å². The number of aryl methyl sites for hydroxylation is 1. The summed E-state index contributed by atoms with van der Waals surface area (Å²) in [4.78, 5) is 12.9. The van der Waals surface area contributed by atoms with E-state index < -0.39 is 5.82 Å². The molecule has 6 heteroatoms. The Hall–Kier alpha value is -3.15. The molecule has 4 rings (SSSR count). The van der Waals surface area contributed by atoms with E-state index in [1.54, 1.807) is 18.2 Å². The van der Waals surface area contributed by atoms with Crippen LogP contribution in [0.15, 0.2) is 48.5 Å². The Balaban J connectivity index is 1.50. The van der Waals surface area contributed by atoms with Crippen molar-refractivity contribution in [2.75, 3.05) is 6.61 Å². The highest BCUT2D eigenvalue weighted by Crippen LogP contribution is 2.29. The second-order valence-corrected chi connectivity index (χ2v) is 7.44. The molecule has 5 nitrogen and oxygen atoms in total. The minimum atomic E-state index is -0.416. The van der Waals surface area contributed by atoms with Crippen LogP contribution in [0.25, 0.3) is 5.69 Å². The fraction of sp³-hybridized carbons (Fsp3) is 0.304. The van der Waals surface area contributed by atoms with Gasteiger partial charge >= 0.3 is 0 Å². The quantitative estimate of drug-likeness (QED) is 0.689. The Morgan fingerprint density at radius 2 is 1.97 bits per heavy atom. The van der Waals surface area contributed by atoms with E-state index >= 15 is 0 Å². The van der Waals surface area contributed by atoms with Gasteiger partial charge in [-0.25, -0.2) is 9.07 Å². The van der Waals surface area contributed by atoms with Gasteiger partial charge in [0, 0.05) is 11.3 Å². The molecule has 1 atom stereocenters. The highest BCUT2D eigenvalue weighted by molar-refractivity contribution is 5.94. The Morgan fingerprint density at radius 1 is 1.21 bits per heavy atom. The summed E-state index contributed by atoms with van der Waals surface area (Å²) < 4.78 is 21.1. The lowest BCUT2D eigenvalue weighted by Gasteiger charge is -2.15. The number of benzene rings is 2. The zero-order valence-electron chi connectivity index (χ0n) is 16.6. The van der Waals surface area contributed by atoms with Gasteiger partial charge in [0.05, 0.1) is 11.7 Å². The topological polar surface area (TPSA) is 56.2 Å². The SMILES string of the molecule is Cc1ccccc1-n1nc(C(=O)NC(C)COc2ccccc2F)c2c1CCC2. The molecule has 0 radical (unpaired) electrons. The fourth-order valence-electron chi connectivity index (χ4n) is 3.73. The molecule has 1 unspecified atom stereocenters. The number of nitrogens with one attached hydrogen (secondary N) is 1. The van der Waals surface area contributed by atoms with Gasteiger partial charge in [-0.1, -0.05) is 30.3 Å². The largest absolute Gasteiger partial charge is 0.488 e. The van der Waals surface area contributed by atoms with E-state index in [2.05, 4.69) is 10.4 Å². The van der Waals surface area contributed by atoms with Gasteiger partial charge in [-0.3, -0.25) is 4.79 Å². The fourth-order valence-corrected chi connectivity index (χ4v) is 3.73. The van der Waals surface area contributed by atoms with Gasteiger partial charge in [-0.05, 0) is 56.9 Å². The van der Waals surface area contributed by atoms with Crippen molar-refractivity contribution in [3.8, 4) is 11.4 Å². The highest BCUT2D eigenvalue weighted by atomic mass is 19.1. The maximum Gasteiger partial charge on any atom is 0.272 e. The van der Waals surface area contributed by atoms with E-state index in [9.17, 15) is 9.18 Å². The van der Waals surface area contributed by atoms with E-state index in [-0.39, 0.29) is 24.3 Å². The molecule has 0 fully saturated rings. The van der Waals surface area contributed by atoms with E-state index in [4.69, 9.17) is 4.74 Å². The van der Waals surface area contributed by atoms with Crippen LogP contribution in [0.2, 0.25) is 0 Å². The van der Waals surface area contributed by atoms with Crippen molar-refractivity contribution in [1.29, 1.82) is 0 Å². The van der Waals surface area contributed by atoms with Crippen LogP contribution >= 0.6 is 0 Å². The van der Waals surface area contributed by atoms with Crippen molar-refractivity contribution >= 4 is 5.91 Å². The minimum absolute atomic E-state index is 0.174. The molecule has 1 aromatic heterocycles. The number of ether oxygens (including phenoxy) is 1. The lowest BCUT2D eigenvalue weighted by atomic mass is 10.1. The van der Waals surface area contributed by atoms with Crippen molar-refractivity contribution < 1.29 is 13.9 Å². The Labute approximate surface area is 169 Å². The number of carbonyl (C=O) groups excluding carboxylic acids is 1. The maximum absolute atomic E-state index is 13.7. The smallest absolute Gasteiger partial charge is 0.272 e. The summed E-state index contributed by atoms with van der Waals surface area (Å²) in [5.41, 5.74) is 4.72. The van der Waals surface area contributed by atoms with Gasteiger partial charge in [0.25, 0.3) is 5.91 Å². The average molecular weight is 393 g/mol. The molecule has 150 valence electrons. The van der Waals surface area contributed by atoms with Crippen molar-refractivity contribution in [1.82, 2.24) is 15.1 Å². The number of para-hydroxylation sites is 2. The standard InChI is InChI=1S/C23H24FN3O2/c1-15-8-3-5-11-19(15)27-20-12-7-9-17(20)22(26-27)23(28)25-16(2)14-29-21-13-6-4-10-18(21)24/h3-6,8,10-11,13,16H,7,9,12,14H2,1-2H3,(H,25,28). The van der Waals surface area contributed by atoms with Gasteiger partial charge in [0.2, 0.25) is 0 Å². The summed E-state index contributed by atoms with van der Waals surface area (Å²) in [6.45, 7) is 4.05. The number of halogens is 1. The van der Waals surface area contributed by atoms with Crippen LogP contribution < -0.4 is 10.1 Å². The van der Waals surface area contributed by atoms with E-state index in [0.29, 0.717) is 5.69 Å². The first-order valence-electron chi connectivity index (χ1n) is 9.89. The Kier molecular flexibility index (Phi) is 5.34. The van der Waals surface area contributed by atoms with Crippen molar-refractivity contribution in [3.63, 3.8) is 0 Å². The number of nitrogens with zero attached hydrogens (tertiary/aromatic N) is 2. The van der Waals surface area contributed by atoms with Crippen molar-refractivity contribution in [3.05, 3.63) is 76.9 Å². The number of aromatic nitrogens is 2. The molecule has 0 saturated carbocycles. The van der Waals surface area contributed by atoms with Crippen LogP contribution in [-0.4, -0.2) is 28.3 Å². The monoisotopic (exact) mass is 393 g/mol. The third-order valence-electron chi connectivity index (χ3n) is 5.19. The van der Waals surface area contributed by atoms with Crippen LogP contribution in [-0.2, 0) is 12.8 Å². The molecule has 2 aromatic carbocycles. The molecule has 0 bridgehead atoms. The summed E-state index contributed by atoms with van der Waals surface area (Å²) in [5.74, 6) is -0.459. The normalized spacial score (nSPS) is 13.8. The molecular weight excluding hydrogens is 369 g/mol. The van der Waals surface area contributed by atoms with E-state index in [1.807, 2.05) is 42.8 Å². The Bertz CT molecular complexity index is 1040. The predicted octanol–water partition coefficient (Wildman–Crippen LogP) is 4.01. The van der Waals surface area contributed by atoms with Crippen molar-refractivity contribution in [2.45, 2.75) is 39.2 Å². The number of carbonyl (C=O) groups is 1. The summed E-state index contributed by atoms with van der Waals surface area (Å²) in [6.07, 6.45) is 2.78. The van der Waals surface area contributed by atoms with Gasteiger partial charge in [-0.15, -0.1) is 0 Å². The van der Waals surface area contributed by atoms with Crippen molar-refractivity contribution in [2.24, 2.45) is 0 Å². The van der Waals surface area contributed by atoms with Crippen LogP contribution in [0, 0.1) is 12.7 Å². The summed E-state index contributed by atoms with van der Waals surface area (Å²) >= 11 is 0. The molecule has 0 aliphatic heterocycles. The van der Waals surface area contributed by atoms with Crippen LogP contribution in [0.3, 0.4) is 0 Å². The van der Waals surface area contributed by atoms with E-state index in [0.717, 1.165) is 41.8 Å². The Morgan fingerprint density at radius 3 is 2.76 bits per heavy atom. The second-order valence-electron chi connectivity index (χ2n) is 7.44. The highest BCUT2D eigenvalue weighted by Gasteiger charge is 2.28. The first kappa shape index (κ1) is 19.2. The lowest BCUT2D eigenvalue weighted by Crippen LogP contribution is -2.37. The third-order valence-corrected chi connectivity index (χ3v) is 5.19. The maximum atomic E-state index is 13.7. The number of fused-ring (bicyclic) bond motifs is 1. The molecule has 0 spiro atoms. The predicted molar refractivity (Wildman–Crippen MR) is 109 cm³/mol. The van der Waals surface area contributed by atoms with Gasteiger partial charge in [-0.2, -0.15) is 5.10 Å². The first-order valence-corrected chi connectivity index (χ1v) is 9.89. The zero-order valence-corrected chi connectivity index (χ0v) is 16.6. The number of amides is 1. The molecular formula is C23H24FN3O2. The second kappa shape index (κ2) is 8.07. The van der Waals surface area contributed by atoms with Gasteiger partial charge in [0.1, 0.15) is 6.61 Å². The summed E-state index contributed by atoms with van der Waals surface area (Å²) in [5, 5.41) is 7.58. The molecule has 1 amide bonds. The third kappa shape index (κ3) is 3.88. The molecule has 1 aliphatic carbocycles. The van der Waals surface area contributed by atoms with Gasteiger partial charge < -0.3 is 10.1 Å². The van der Waals surface area contributed by atoms with Crippen LogP contribution in [0.5, 0.6) is 5.75 Å². The average Bonchev–Trinajstić information content (AvgIpc) is 3.30. The van der Waals surface area contributed by atoms with Crippen LogP contribution in [0.4, 0.5) is 4.39 Å². The molecule has 29 heavy (non-hydrogen) atoms. The first-order chi connectivity index (χ1) is 14.0. The lowest BCUT2D eigenvalue weighted by molar-refractivity contribution is 0.0919. The molecule has 1 aliphatic rings. The molecule has 3 aromatic rings. The van der Waals surface area contributed by atoms with Crippen LogP contribution in [0.1, 0.15) is 40.7 Å². The zero-order chi connectivity index (χ0) is 20.4. The number of hydrogen-bond donors (Lipinski definition) is 1. The summed E-state index contributed by atoms with van der Waals surface area (Å²) in [7, 11) is 0. The minimum Gasteiger partial charge on any atom is -0.488 e. The van der Waals surface area contributed by atoms with Gasteiger partial charge in [0.15, 0.2) is 17.3 Å². The number of hydrogen-bond acceptors (Lipinski definition) is 3. The molecule has 0 saturated heterocycles. The molecule has 1 heterocycles. The summed E-state index contributed by atoms with van der Waals surface area (Å²) in [6, 6.07) is 14.0. The number of rotatable bonds is 6.